The SMILES string of the molecule is Fc1cccc(COc2ccc(Nc3ncnc4ccc(-c5cn(C6CCN(Cc7ccco7)CC6)nn5)cc34)cc2Cl)c1. The van der Waals surface area contributed by atoms with Gasteiger partial charge in [-0.15, -0.1) is 5.10 Å². The zero-order valence-electron chi connectivity index (χ0n) is 23.7. The summed E-state index contributed by atoms with van der Waals surface area (Å²) in [5, 5.41) is 13.6. The maximum absolute atomic E-state index is 13.5. The Balaban J connectivity index is 1.04. The second-order valence-corrected chi connectivity index (χ2v) is 11.2. The Morgan fingerprint density at radius 2 is 1.91 bits per heavy atom. The fraction of sp³-hybridized carbons (Fsp3) is 0.212. The maximum Gasteiger partial charge on any atom is 0.141 e. The molecule has 0 amide bonds. The highest BCUT2D eigenvalue weighted by Crippen LogP contribution is 2.33. The molecule has 4 heterocycles. The van der Waals surface area contributed by atoms with E-state index in [0.717, 1.165) is 71.6 Å². The molecule has 0 aliphatic carbocycles. The van der Waals surface area contributed by atoms with E-state index in [0.29, 0.717) is 22.6 Å². The van der Waals surface area contributed by atoms with E-state index in [1.165, 1.54) is 18.5 Å². The number of hydrogen-bond donors (Lipinski definition) is 1. The molecule has 3 aromatic heterocycles. The Labute approximate surface area is 258 Å². The molecule has 0 saturated carbocycles. The van der Waals surface area contributed by atoms with E-state index in [1.807, 2.05) is 47.3 Å². The standard InChI is InChI=1S/C33H29ClFN7O2/c34-29-17-25(7-9-32(29)44-20-22-3-1-4-24(35)15-22)38-33-28-16-23(6-8-30(28)36-21-37-33)31-19-42(40-39-31)26-10-12-41(13-11-26)18-27-5-2-14-43-27/h1-9,14-17,19,21,26H,10-13,18,20H2,(H,36,37,38). The van der Waals surface area contributed by atoms with Crippen molar-refractivity contribution in [2.75, 3.05) is 18.4 Å². The molecule has 1 aliphatic heterocycles. The Bertz CT molecular complexity index is 1890. The van der Waals surface area contributed by atoms with Gasteiger partial charge in [0.25, 0.3) is 0 Å². The maximum atomic E-state index is 13.5. The van der Waals surface area contributed by atoms with E-state index in [9.17, 15) is 4.39 Å². The number of fused-ring (bicyclic) bond motifs is 1. The fourth-order valence-electron chi connectivity index (χ4n) is 5.49. The highest BCUT2D eigenvalue weighted by Gasteiger charge is 2.22. The fourth-order valence-corrected chi connectivity index (χ4v) is 5.72. The molecular formula is C33H29ClFN7O2. The first-order chi connectivity index (χ1) is 21.6. The van der Waals surface area contributed by atoms with Crippen LogP contribution in [0.4, 0.5) is 15.9 Å². The molecule has 0 bridgehead atoms. The van der Waals surface area contributed by atoms with Crippen LogP contribution in [0.1, 0.15) is 30.2 Å². The first-order valence-corrected chi connectivity index (χ1v) is 14.8. The van der Waals surface area contributed by atoms with E-state index in [4.69, 9.17) is 20.8 Å². The first kappa shape index (κ1) is 28.0. The number of hydrogen-bond acceptors (Lipinski definition) is 8. The highest BCUT2D eigenvalue weighted by molar-refractivity contribution is 6.32. The van der Waals surface area contributed by atoms with E-state index < -0.39 is 0 Å². The summed E-state index contributed by atoms with van der Waals surface area (Å²) in [5.41, 5.74) is 3.98. The summed E-state index contributed by atoms with van der Waals surface area (Å²) in [6, 6.07) is 21.9. The third-order valence-electron chi connectivity index (χ3n) is 7.81. The summed E-state index contributed by atoms with van der Waals surface area (Å²) in [6.45, 7) is 3.00. The number of furan rings is 1. The Morgan fingerprint density at radius 3 is 2.73 bits per heavy atom. The lowest BCUT2D eigenvalue weighted by Crippen LogP contribution is -2.34. The molecule has 0 unspecified atom stereocenters. The van der Waals surface area contributed by atoms with Crippen molar-refractivity contribution in [1.82, 2.24) is 29.9 Å². The molecule has 1 fully saturated rings. The summed E-state index contributed by atoms with van der Waals surface area (Å²) in [6.07, 6.45) is 7.27. The number of nitrogens with one attached hydrogen (secondary N) is 1. The van der Waals surface area contributed by atoms with Crippen molar-refractivity contribution in [3.63, 3.8) is 0 Å². The third kappa shape index (κ3) is 6.27. The van der Waals surface area contributed by atoms with Gasteiger partial charge in [-0.2, -0.15) is 0 Å². The summed E-state index contributed by atoms with van der Waals surface area (Å²) < 4.78 is 26.8. The molecule has 7 rings (SSSR count). The van der Waals surface area contributed by atoms with Gasteiger partial charge in [-0.25, -0.2) is 19.0 Å². The number of ether oxygens (including phenoxy) is 1. The van der Waals surface area contributed by atoms with Crippen molar-refractivity contribution in [1.29, 1.82) is 0 Å². The van der Waals surface area contributed by atoms with Crippen LogP contribution in [0.3, 0.4) is 0 Å². The molecule has 44 heavy (non-hydrogen) atoms. The van der Waals surface area contributed by atoms with Crippen molar-refractivity contribution in [2.45, 2.75) is 32.0 Å². The minimum Gasteiger partial charge on any atom is -0.487 e. The van der Waals surface area contributed by atoms with Crippen LogP contribution in [-0.4, -0.2) is 43.0 Å². The molecule has 3 aromatic carbocycles. The lowest BCUT2D eigenvalue weighted by atomic mass is 10.0. The smallest absolute Gasteiger partial charge is 0.141 e. The van der Waals surface area contributed by atoms with Crippen LogP contribution in [-0.2, 0) is 13.2 Å². The van der Waals surface area contributed by atoms with Gasteiger partial charge in [0.05, 0.1) is 35.6 Å². The number of benzene rings is 3. The van der Waals surface area contributed by atoms with Gasteiger partial charge in [0, 0.05) is 29.7 Å². The van der Waals surface area contributed by atoms with Crippen LogP contribution < -0.4 is 10.1 Å². The number of rotatable bonds is 9. The highest BCUT2D eigenvalue weighted by atomic mass is 35.5. The quantitative estimate of drug-likeness (QED) is 0.181. The van der Waals surface area contributed by atoms with Crippen molar-refractivity contribution < 1.29 is 13.5 Å². The number of piperidine rings is 1. The van der Waals surface area contributed by atoms with Gasteiger partial charge in [-0.3, -0.25) is 4.90 Å². The predicted octanol–water partition coefficient (Wildman–Crippen LogP) is 7.43. The lowest BCUT2D eigenvalue weighted by molar-refractivity contribution is 0.162. The molecule has 11 heteroatoms. The number of halogens is 2. The van der Waals surface area contributed by atoms with E-state index >= 15 is 0 Å². The number of nitrogens with zero attached hydrogens (tertiary/aromatic N) is 6. The largest absolute Gasteiger partial charge is 0.487 e. The molecule has 0 radical (unpaired) electrons. The minimum absolute atomic E-state index is 0.208. The first-order valence-electron chi connectivity index (χ1n) is 14.4. The molecule has 1 N–H and O–H groups in total. The van der Waals surface area contributed by atoms with Gasteiger partial charge in [-0.1, -0.05) is 35.0 Å². The number of aromatic nitrogens is 5. The van der Waals surface area contributed by atoms with Crippen molar-refractivity contribution in [3.05, 3.63) is 114 Å². The number of anilines is 2. The molecular weight excluding hydrogens is 581 g/mol. The van der Waals surface area contributed by atoms with Crippen molar-refractivity contribution in [2.24, 2.45) is 0 Å². The van der Waals surface area contributed by atoms with Gasteiger partial charge < -0.3 is 14.5 Å². The van der Waals surface area contributed by atoms with Crippen LogP contribution >= 0.6 is 11.6 Å². The van der Waals surface area contributed by atoms with E-state index in [-0.39, 0.29) is 12.4 Å². The van der Waals surface area contributed by atoms with Crippen molar-refractivity contribution >= 4 is 34.0 Å². The molecule has 0 spiro atoms. The van der Waals surface area contributed by atoms with Gasteiger partial charge in [0.1, 0.15) is 41.8 Å². The molecule has 222 valence electrons. The van der Waals surface area contributed by atoms with Crippen LogP contribution in [0.2, 0.25) is 5.02 Å². The second-order valence-electron chi connectivity index (χ2n) is 10.8. The average Bonchev–Trinajstić information content (AvgIpc) is 3.74. The van der Waals surface area contributed by atoms with Gasteiger partial charge >= 0.3 is 0 Å². The van der Waals surface area contributed by atoms with E-state index in [2.05, 4.69) is 30.5 Å². The molecule has 1 saturated heterocycles. The second kappa shape index (κ2) is 12.4. The van der Waals surface area contributed by atoms with Crippen LogP contribution in [0.25, 0.3) is 22.2 Å². The molecule has 0 atom stereocenters. The van der Waals surface area contributed by atoms with Crippen molar-refractivity contribution in [3.8, 4) is 17.0 Å². The minimum atomic E-state index is -0.306. The third-order valence-corrected chi connectivity index (χ3v) is 8.11. The van der Waals surface area contributed by atoms with Gasteiger partial charge in [-0.05, 0) is 73.0 Å². The monoisotopic (exact) mass is 609 g/mol. The molecule has 6 aromatic rings. The van der Waals surface area contributed by atoms with Gasteiger partial charge in [0.15, 0.2) is 0 Å². The molecule has 9 nitrogen and oxygen atoms in total. The normalized spacial score (nSPS) is 14.2. The Kier molecular flexibility index (Phi) is 7.91. The van der Waals surface area contributed by atoms with Crippen LogP contribution in [0.15, 0.2) is 96.0 Å². The predicted molar refractivity (Wildman–Crippen MR) is 166 cm³/mol. The van der Waals surface area contributed by atoms with E-state index in [1.54, 1.807) is 30.5 Å². The average molecular weight is 610 g/mol. The lowest BCUT2D eigenvalue weighted by Gasteiger charge is -2.31. The summed E-state index contributed by atoms with van der Waals surface area (Å²) in [4.78, 5) is 11.4. The Hall–Kier alpha value is -4.80. The van der Waals surface area contributed by atoms with Gasteiger partial charge in [0.2, 0.25) is 0 Å². The zero-order valence-corrected chi connectivity index (χ0v) is 24.5. The summed E-state index contributed by atoms with van der Waals surface area (Å²) in [5.74, 6) is 1.83. The number of likely N-dealkylation sites (tertiary alicyclic amines) is 1. The Morgan fingerprint density at radius 1 is 1.00 bits per heavy atom. The zero-order chi connectivity index (χ0) is 29.9. The molecule has 1 aliphatic rings. The topological polar surface area (TPSA) is 94.1 Å². The summed E-state index contributed by atoms with van der Waals surface area (Å²) >= 11 is 6.53. The van der Waals surface area contributed by atoms with Crippen LogP contribution in [0, 0.1) is 5.82 Å². The van der Waals surface area contributed by atoms with Crippen LogP contribution in [0.5, 0.6) is 5.75 Å². The summed E-state index contributed by atoms with van der Waals surface area (Å²) in [7, 11) is 0.